The van der Waals surface area contributed by atoms with Crippen LogP contribution in [0.3, 0.4) is 0 Å². The zero-order valence-electron chi connectivity index (χ0n) is 18.2. The summed E-state index contributed by atoms with van der Waals surface area (Å²) in [4.78, 5) is 39.8. The van der Waals surface area contributed by atoms with Crippen LogP contribution in [0.25, 0.3) is 11.0 Å². The van der Waals surface area contributed by atoms with Gasteiger partial charge in [-0.3, -0.25) is 14.4 Å². The van der Waals surface area contributed by atoms with Crippen molar-refractivity contribution >= 4 is 50.3 Å². The molecule has 2 heterocycles. The highest BCUT2D eigenvalue weighted by Gasteiger charge is 2.42. The first kappa shape index (κ1) is 23.1. The van der Waals surface area contributed by atoms with Gasteiger partial charge in [0.25, 0.3) is 11.8 Å². The minimum absolute atomic E-state index is 0.0101. The van der Waals surface area contributed by atoms with Gasteiger partial charge < -0.3 is 19.8 Å². The highest BCUT2D eigenvalue weighted by atomic mass is 79.9. The molecule has 1 aliphatic rings. The molecular formula is C26H18BrClN2O5. The summed E-state index contributed by atoms with van der Waals surface area (Å²) in [6.45, 7) is -0.0834. The molecule has 3 aromatic carbocycles. The number of amides is 2. The third kappa shape index (κ3) is 4.31. The summed E-state index contributed by atoms with van der Waals surface area (Å²) in [6.07, 6.45) is 0. The Balaban J connectivity index is 1.65. The molecule has 1 aromatic heterocycles. The normalized spacial score (nSPS) is 14.9. The first-order valence-electron chi connectivity index (χ1n) is 10.6. The van der Waals surface area contributed by atoms with E-state index in [1.54, 1.807) is 53.4 Å². The van der Waals surface area contributed by atoms with Gasteiger partial charge in [0.15, 0.2) is 12.0 Å². The summed E-state index contributed by atoms with van der Waals surface area (Å²) in [5.41, 5.74) is 6.88. The van der Waals surface area contributed by atoms with Gasteiger partial charge >= 0.3 is 0 Å². The molecule has 0 bridgehead atoms. The molecule has 1 unspecified atom stereocenters. The van der Waals surface area contributed by atoms with Gasteiger partial charge in [-0.2, -0.15) is 0 Å². The van der Waals surface area contributed by atoms with Crippen LogP contribution in [0.2, 0.25) is 5.02 Å². The lowest BCUT2D eigenvalue weighted by Crippen LogP contribution is -2.29. The average Bonchev–Trinajstić information content (AvgIpc) is 3.12. The number of hydrogen-bond donors (Lipinski definition) is 1. The van der Waals surface area contributed by atoms with E-state index in [0.717, 1.165) is 10.0 Å². The number of hydrogen-bond acceptors (Lipinski definition) is 5. The number of halogens is 2. The number of ether oxygens (including phenoxy) is 1. The lowest BCUT2D eigenvalue weighted by Gasteiger charge is -2.25. The maximum Gasteiger partial charge on any atom is 0.291 e. The van der Waals surface area contributed by atoms with Crippen molar-refractivity contribution in [1.82, 2.24) is 4.90 Å². The number of benzene rings is 3. The van der Waals surface area contributed by atoms with Crippen LogP contribution in [0.15, 0.2) is 80.4 Å². The summed E-state index contributed by atoms with van der Waals surface area (Å²) in [6, 6.07) is 18.4. The fourth-order valence-corrected chi connectivity index (χ4v) is 4.77. The van der Waals surface area contributed by atoms with Gasteiger partial charge in [0.05, 0.1) is 17.0 Å². The van der Waals surface area contributed by atoms with Crippen LogP contribution in [0, 0.1) is 0 Å². The Labute approximate surface area is 213 Å². The second-order valence-electron chi connectivity index (χ2n) is 8.07. The molecule has 2 amide bonds. The monoisotopic (exact) mass is 552 g/mol. The number of carbonyl (C=O) groups is 2. The molecule has 0 saturated carbocycles. The molecule has 0 saturated heterocycles. The van der Waals surface area contributed by atoms with Crippen LogP contribution in [0.5, 0.6) is 5.75 Å². The number of fused-ring (bicyclic) bond motifs is 2. The standard InChI is InChI=1S/C26H18BrClN2O5/c27-16-7-10-20-18(11-16)24(32)22-23(14-5-8-17(9-6-14)34-13-21(29)31)30(26(33)25(22)35-20)12-15-3-1-2-4-19(15)28/h1-11,23H,12-13H2,(H2,29,31). The van der Waals surface area contributed by atoms with Crippen LogP contribution in [-0.4, -0.2) is 23.3 Å². The quantitative estimate of drug-likeness (QED) is 0.369. The Hall–Kier alpha value is -3.62. The number of nitrogens with zero attached hydrogens (tertiary/aromatic N) is 1. The van der Waals surface area contributed by atoms with E-state index in [1.807, 2.05) is 18.2 Å². The minimum Gasteiger partial charge on any atom is -0.484 e. The summed E-state index contributed by atoms with van der Waals surface area (Å²) < 4.78 is 12.0. The molecule has 5 rings (SSSR count). The van der Waals surface area contributed by atoms with Crippen molar-refractivity contribution < 1.29 is 18.7 Å². The average molecular weight is 554 g/mol. The third-order valence-electron chi connectivity index (χ3n) is 5.80. The van der Waals surface area contributed by atoms with Crippen LogP contribution < -0.4 is 15.9 Å². The van der Waals surface area contributed by atoms with Gasteiger partial charge in [-0.25, -0.2) is 0 Å². The van der Waals surface area contributed by atoms with Crippen molar-refractivity contribution in [2.24, 2.45) is 5.73 Å². The Morgan fingerprint density at radius 2 is 1.83 bits per heavy atom. The molecular weight excluding hydrogens is 536 g/mol. The topological polar surface area (TPSA) is 103 Å². The van der Waals surface area contributed by atoms with Crippen LogP contribution >= 0.6 is 27.5 Å². The van der Waals surface area contributed by atoms with Gasteiger partial charge in [0.2, 0.25) is 5.76 Å². The lowest BCUT2D eigenvalue weighted by atomic mass is 9.98. The first-order valence-corrected chi connectivity index (χ1v) is 11.8. The minimum atomic E-state index is -0.710. The zero-order valence-corrected chi connectivity index (χ0v) is 20.5. The van der Waals surface area contributed by atoms with Crippen molar-refractivity contribution in [2.45, 2.75) is 12.6 Å². The first-order chi connectivity index (χ1) is 16.8. The van der Waals surface area contributed by atoms with E-state index >= 15 is 0 Å². The van der Waals surface area contributed by atoms with Gasteiger partial charge in [-0.05, 0) is 47.5 Å². The molecule has 35 heavy (non-hydrogen) atoms. The van der Waals surface area contributed by atoms with Crippen molar-refractivity contribution in [3.05, 3.63) is 109 Å². The number of rotatable bonds is 6. The molecule has 0 radical (unpaired) electrons. The highest BCUT2D eigenvalue weighted by molar-refractivity contribution is 9.10. The fraction of sp³-hybridized carbons (Fsp3) is 0.115. The summed E-state index contributed by atoms with van der Waals surface area (Å²) in [5.74, 6) is -0.549. The van der Waals surface area contributed by atoms with Crippen molar-refractivity contribution in [3.63, 3.8) is 0 Å². The van der Waals surface area contributed by atoms with Gasteiger partial charge in [-0.1, -0.05) is 57.9 Å². The molecule has 7 nitrogen and oxygen atoms in total. The number of primary amides is 1. The molecule has 1 aliphatic heterocycles. The molecule has 0 fully saturated rings. The molecule has 9 heteroatoms. The second-order valence-corrected chi connectivity index (χ2v) is 9.39. The highest BCUT2D eigenvalue weighted by Crippen LogP contribution is 2.40. The predicted molar refractivity (Wildman–Crippen MR) is 134 cm³/mol. The molecule has 0 aliphatic carbocycles. The lowest BCUT2D eigenvalue weighted by molar-refractivity contribution is -0.119. The second kappa shape index (κ2) is 9.20. The zero-order chi connectivity index (χ0) is 24.7. The summed E-state index contributed by atoms with van der Waals surface area (Å²) in [5, 5.41) is 0.885. The molecule has 176 valence electrons. The molecule has 2 N–H and O–H groups in total. The Kier molecular flexibility index (Phi) is 6.08. The largest absolute Gasteiger partial charge is 0.484 e. The molecule has 0 spiro atoms. The Bertz CT molecular complexity index is 1530. The van der Waals surface area contributed by atoms with E-state index in [2.05, 4.69) is 15.9 Å². The Morgan fingerprint density at radius 1 is 1.09 bits per heavy atom. The van der Waals surface area contributed by atoms with Crippen LogP contribution in [0.1, 0.15) is 33.3 Å². The maximum atomic E-state index is 13.6. The van der Waals surface area contributed by atoms with Gasteiger partial charge in [0.1, 0.15) is 11.3 Å². The van der Waals surface area contributed by atoms with E-state index in [1.165, 1.54) is 0 Å². The number of nitrogens with two attached hydrogens (primary N) is 1. The maximum absolute atomic E-state index is 13.6. The van der Waals surface area contributed by atoms with Crippen LogP contribution in [-0.2, 0) is 11.3 Å². The van der Waals surface area contributed by atoms with Gasteiger partial charge in [-0.15, -0.1) is 0 Å². The smallest absolute Gasteiger partial charge is 0.291 e. The van der Waals surface area contributed by atoms with Gasteiger partial charge in [0, 0.05) is 16.0 Å². The van der Waals surface area contributed by atoms with Crippen molar-refractivity contribution in [1.29, 1.82) is 0 Å². The van der Waals surface area contributed by atoms with E-state index in [4.69, 9.17) is 26.5 Å². The van der Waals surface area contributed by atoms with Crippen molar-refractivity contribution in [3.8, 4) is 5.75 Å². The van der Waals surface area contributed by atoms with Crippen LogP contribution in [0.4, 0.5) is 0 Å². The molecule has 4 aromatic rings. The van der Waals surface area contributed by atoms with E-state index in [9.17, 15) is 14.4 Å². The predicted octanol–water partition coefficient (Wildman–Crippen LogP) is 4.82. The fourth-order valence-electron chi connectivity index (χ4n) is 4.21. The summed E-state index contributed by atoms with van der Waals surface area (Å²) in [7, 11) is 0. The van der Waals surface area contributed by atoms with E-state index in [0.29, 0.717) is 27.3 Å². The third-order valence-corrected chi connectivity index (χ3v) is 6.67. The van der Waals surface area contributed by atoms with Crippen molar-refractivity contribution in [2.75, 3.05) is 6.61 Å². The van der Waals surface area contributed by atoms with E-state index in [-0.39, 0.29) is 29.9 Å². The summed E-state index contributed by atoms with van der Waals surface area (Å²) >= 11 is 9.78. The Morgan fingerprint density at radius 3 is 2.54 bits per heavy atom. The number of carbonyl (C=O) groups excluding carboxylic acids is 2. The van der Waals surface area contributed by atoms with E-state index < -0.39 is 17.9 Å². The molecule has 1 atom stereocenters. The SMILES string of the molecule is NC(=O)COc1ccc(C2c3c(oc4ccc(Br)cc4c3=O)C(=O)N2Cc2ccccc2Cl)cc1.